The van der Waals surface area contributed by atoms with Crippen LogP contribution in [-0.4, -0.2) is 18.5 Å². The number of hydrogen-bond donors (Lipinski definition) is 0. The van der Waals surface area contributed by atoms with Gasteiger partial charge in [0.2, 0.25) is 0 Å². The van der Waals surface area contributed by atoms with E-state index in [1.165, 1.54) is 38.1 Å². The molecule has 6 aromatic heterocycles. The van der Waals surface area contributed by atoms with Gasteiger partial charge in [0.25, 0.3) is 0 Å². The van der Waals surface area contributed by atoms with Crippen molar-refractivity contribution in [2.75, 3.05) is 0 Å². The molecular weight excluding hydrogens is 751 g/mol. The molecule has 0 amide bonds. The van der Waals surface area contributed by atoms with Crippen LogP contribution in [0, 0.1) is 11.3 Å². The van der Waals surface area contributed by atoms with E-state index in [1.807, 2.05) is 36.4 Å². The van der Waals surface area contributed by atoms with Crippen molar-refractivity contribution in [3.05, 3.63) is 181 Å². The fraction of sp³-hybridized carbons (Fsp3) is 0. The normalized spacial score (nSPS) is 12.2. The number of benzene rings is 8. The molecule has 7 nitrogen and oxygen atoms in total. The van der Waals surface area contributed by atoms with E-state index in [4.69, 9.17) is 13.8 Å². The first-order chi connectivity index (χ1) is 30.2. The Hall–Kier alpha value is -8.60. The number of rotatable bonds is 3. The summed E-state index contributed by atoms with van der Waals surface area (Å²) in [4.78, 5) is 5.10. The first kappa shape index (κ1) is 32.4. The predicted octanol–water partition coefficient (Wildman–Crippen LogP) is 14.0. The van der Waals surface area contributed by atoms with Gasteiger partial charge in [-0.2, -0.15) is 5.26 Å². The quantitative estimate of drug-likeness (QED) is 0.179. The lowest BCUT2D eigenvalue weighted by atomic mass is 10.0. The molecule has 0 saturated carbocycles. The molecular formula is C54H29N5O2. The van der Waals surface area contributed by atoms with Crippen molar-refractivity contribution < 1.29 is 8.83 Å². The van der Waals surface area contributed by atoms with Crippen molar-refractivity contribution in [3.63, 3.8) is 0 Å². The number of aromatic nitrogens is 4. The van der Waals surface area contributed by atoms with Crippen LogP contribution in [0.2, 0.25) is 0 Å². The SMILES string of the molecule is N#Cc1ccc2nc3c4oc5ccccc5c4c4oc5ccc(-n6c7ccccc7c7cc(-c8ccc9c(c8)c8ccccc8n9-c8ccccc8)ccc76)cc5c4n3c2c1. The molecule has 0 N–H and O–H groups in total. The van der Waals surface area contributed by atoms with Crippen molar-refractivity contribution in [2.24, 2.45) is 0 Å². The zero-order valence-corrected chi connectivity index (χ0v) is 32.3. The summed E-state index contributed by atoms with van der Waals surface area (Å²) in [5.74, 6) is 0. The molecule has 0 spiro atoms. The van der Waals surface area contributed by atoms with Crippen molar-refractivity contribution in [2.45, 2.75) is 0 Å². The van der Waals surface area contributed by atoms with Gasteiger partial charge in [-0.15, -0.1) is 0 Å². The third-order valence-corrected chi connectivity index (χ3v) is 12.6. The Morgan fingerprint density at radius 2 is 1.05 bits per heavy atom. The maximum atomic E-state index is 9.92. The van der Waals surface area contributed by atoms with Gasteiger partial charge in [-0.25, -0.2) is 4.98 Å². The van der Waals surface area contributed by atoms with Crippen LogP contribution in [-0.2, 0) is 0 Å². The molecule has 14 rings (SSSR count). The van der Waals surface area contributed by atoms with Gasteiger partial charge in [0, 0.05) is 43.7 Å². The number of hydrogen-bond acceptors (Lipinski definition) is 4. The van der Waals surface area contributed by atoms with Gasteiger partial charge in [-0.1, -0.05) is 84.9 Å². The number of para-hydroxylation sites is 4. The summed E-state index contributed by atoms with van der Waals surface area (Å²) in [6.07, 6.45) is 0. The topological polar surface area (TPSA) is 77.2 Å². The lowest BCUT2D eigenvalue weighted by molar-refractivity contribution is 0.662. The van der Waals surface area contributed by atoms with Crippen LogP contribution in [0.15, 0.2) is 185 Å². The van der Waals surface area contributed by atoms with Gasteiger partial charge in [0.1, 0.15) is 16.7 Å². The average Bonchev–Trinajstić information content (AvgIpc) is 4.13. The van der Waals surface area contributed by atoms with Gasteiger partial charge in [0.15, 0.2) is 16.8 Å². The minimum atomic E-state index is 0.559. The number of fused-ring (bicyclic) bond motifs is 18. The predicted molar refractivity (Wildman–Crippen MR) is 246 cm³/mol. The van der Waals surface area contributed by atoms with Crippen LogP contribution in [0.1, 0.15) is 5.56 Å². The highest BCUT2D eigenvalue weighted by atomic mass is 16.3. The molecule has 8 aromatic carbocycles. The van der Waals surface area contributed by atoms with E-state index in [0.717, 1.165) is 77.4 Å². The number of nitrogens with zero attached hydrogens (tertiary/aromatic N) is 5. The van der Waals surface area contributed by atoms with E-state index in [-0.39, 0.29) is 0 Å². The minimum Gasteiger partial charge on any atom is -0.454 e. The van der Waals surface area contributed by atoms with E-state index >= 15 is 0 Å². The van der Waals surface area contributed by atoms with E-state index < -0.39 is 0 Å². The number of imidazole rings is 1. The number of furan rings is 2. The number of pyridine rings is 1. The first-order valence-corrected chi connectivity index (χ1v) is 20.3. The van der Waals surface area contributed by atoms with Gasteiger partial charge in [-0.05, 0) is 102 Å². The zero-order chi connectivity index (χ0) is 39.9. The minimum absolute atomic E-state index is 0.559. The monoisotopic (exact) mass is 779 g/mol. The van der Waals surface area contributed by atoms with Crippen LogP contribution in [0.5, 0.6) is 0 Å². The third kappa shape index (κ3) is 4.32. The zero-order valence-electron chi connectivity index (χ0n) is 32.3. The Labute approximate surface area is 345 Å². The lowest BCUT2D eigenvalue weighted by Crippen LogP contribution is -1.94. The summed E-state index contributed by atoms with van der Waals surface area (Å²) in [5.41, 5.74) is 15.7. The summed E-state index contributed by atoms with van der Waals surface area (Å²) in [5, 5.41) is 17.5. The molecule has 7 heteroatoms. The van der Waals surface area contributed by atoms with Crippen LogP contribution < -0.4 is 0 Å². The van der Waals surface area contributed by atoms with Gasteiger partial charge >= 0.3 is 0 Å². The van der Waals surface area contributed by atoms with E-state index in [0.29, 0.717) is 16.8 Å². The maximum absolute atomic E-state index is 9.92. The van der Waals surface area contributed by atoms with E-state index in [2.05, 4.69) is 159 Å². The third-order valence-electron chi connectivity index (χ3n) is 12.6. The fourth-order valence-electron chi connectivity index (χ4n) is 9.99. The summed E-state index contributed by atoms with van der Waals surface area (Å²) < 4.78 is 20.2. The smallest absolute Gasteiger partial charge is 0.182 e. The molecule has 0 fully saturated rings. The number of nitriles is 1. The Kier molecular flexibility index (Phi) is 6.24. The Balaban J connectivity index is 1.00. The van der Waals surface area contributed by atoms with E-state index in [9.17, 15) is 5.26 Å². The Bertz CT molecular complexity index is 4250. The Morgan fingerprint density at radius 3 is 1.77 bits per heavy atom. The first-order valence-electron chi connectivity index (χ1n) is 20.3. The summed E-state index contributed by atoms with van der Waals surface area (Å²) >= 11 is 0. The summed E-state index contributed by atoms with van der Waals surface area (Å²) in [6.45, 7) is 0. The second-order valence-electron chi connectivity index (χ2n) is 15.9. The highest BCUT2D eigenvalue weighted by molar-refractivity contribution is 6.25. The highest BCUT2D eigenvalue weighted by Crippen LogP contribution is 2.44. The largest absolute Gasteiger partial charge is 0.454 e. The average molecular weight is 780 g/mol. The van der Waals surface area contributed by atoms with E-state index in [1.54, 1.807) is 0 Å². The molecule has 0 atom stereocenters. The van der Waals surface area contributed by atoms with Crippen LogP contribution >= 0.6 is 0 Å². The molecule has 0 saturated heterocycles. The molecule has 0 aliphatic carbocycles. The molecule has 0 aliphatic heterocycles. The van der Waals surface area contributed by atoms with Crippen molar-refractivity contribution in [1.82, 2.24) is 18.5 Å². The van der Waals surface area contributed by atoms with Gasteiger partial charge in [-0.3, -0.25) is 4.40 Å². The van der Waals surface area contributed by atoms with Crippen LogP contribution in [0.3, 0.4) is 0 Å². The molecule has 0 radical (unpaired) electrons. The molecule has 14 aromatic rings. The summed E-state index contributed by atoms with van der Waals surface area (Å²) in [7, 11) is 0. The molecule has 282 valence electrons. The van der Waals surface area contributed by atoms with Crippen molar-refractivity contribution >= 4 is 104 Å². The second kappa shape index (κ2) is 11.8. The van der Waals surface area contributed by atoms with Gasteiger partial charge < -0.3 is 18.0 Å². The molecule has 0 bridgehead atoms. The molecule has 6 heterocycles. The molecule has 0 unspecified atom stereocenters. The van der Waals surface area contributed by atoms with Gasteiger partial charge in [0.05, 0.1) is 50.1 Å². The lowest BCUT2D eigenvalue weighted by Gasteiger charge is -2.10. The van der Waals surface area contributed by atoms with Crippen molar-refractivity contribution in [3.8, 4) is 28.6 Å². The molecule has 0 aliphatic rings. The summed E-state index contributed by atoms with van der Waals surface area (Å²) in [6, 6.07) is 64.0. The maximum Gasteiger partial charge on any atom is 0.182 e. The van der Waals surface area contributed by atoms with Crippen LogP contribution in [0.25, 0.3) is 127 Å². The Morgan fingerprint density at radius 1 is 0.443 bits per heavy atom. The highest BCUT2D eigenvalue weighted by Gasteiger charge is 2.25. The van der Waals surface area contributed by atoms with Crippen molar-refractivity contribution in [1.29, 1.82) is 5.26 Å². The molecule has 61 heavy (non-hydrogen) atoms. The fourth-order valence-corrected chi connectivity index (χ4v) is 9.99. The standard InChI is InChI=1S/C54H29N5O2/c55-30-31-18-22-42-47(26-31)59-51-41-29-35(21-25-49(41)60-52(51)50-38-14-6-9-17-48(38)61-53(50)54(59)56-42)58-44-16-8-5-13-37(44)40-28-33(20-24-46(40)58)32-19-23-45-39(27-32)36-12-4-7-15-43(36)57(45)34-10-2-1-3-11-34/h1-29H. The second-order valence-corrected chi connectivity index (χ2v) is 15.9. The van der Waals surface area contributed by atoms with Crippen LogP contribution in [0.4, 0.5) is 0 Å².